The van der Waals surface area contributed by atoms with Gasteiger partial charge in [-0.3, -0.25) is 9.69 Å². The summed E-state index contributed by atoms with van der Waals surface area (Å²) in [6.45, 7) is 1.71. The second-order valence-electron chi connectivity index (χ2n) is 7.05. The average molecular weight is 415 g/mol. The second-order valence-corrected chi connectivity index (χ2v) is 7.05. The van der Waals surface area contributed by atoms with Gasteiger partial charge < -0.3 is 14.6 Å². The lowest BCUT2D eigenvalue weighted by Crippen LogP contribution is -2.24. The van der Waals surface area contributed by atoms with Gasteiger partial charge in [-0.25, -0.2) is 4.79 Å². The molecule has 0 saturated heterocycles. The van der Waals surface area contributed by atoms with Crippen molar-refractivity contribution in [1.29, 1.82) is 0 Å². The summed E-state index contributed by atoms with van der Waals surface area (Å²) in [6, 6.07) is 18.3. The summed E-state index contributed by atoms with van der Waals surface area (Å²) in [5.41, 5.74) is 1.78. The number of rotatable bonds is 4. The van der Waals surface area contributed by atoms with E-state index < -0.39 is 5.97 Å². The molecule has 31 heavy (non-hydrogen) atoms. The predicted octanol–water partition coefficient (Wildman–Crippen LogP) is 4.43. The molecule has 0 unspecified atom stereocenters. The van der Waals surface area contributed by atoms with Crippen LogP contribution in [0.5, 0.6) is 11.5 Å². The Labute approximate surface area is 179 Å². The molecule has 0 aromatic heterocycles. The molecule has 1 heterocycles. The first-order chi connectivity index (χ1) is 15.0. The molecule has 1 aliphatic heterocycles. The van der Waals surface area contributed by atoms with Gasteiger partial charge in [0.05, 0.1) is 31.1 Å². The van der Waals surface area contributed by atoms with Crippen molar-refractivity contribution >= 4 is 34.4 Å². The number of nitrogens with zero attached hydrogens (tertiary/aromatic N) is 1. The molecule has 0 fully saturated rings. The highest BCUT2D eigenvalue weighted by atomic mass is 16.5. The normalized spacial score (nSPS) is 15.1. The maximum atomic E-state index is 13.6. The third kappa shape index (κ3) is 3.32. The Morgan fingerprint density at radius 1 is 1.00 bits per heavy atom. The predicted molar refractivity (Wildman–Crippen MR) is 119 cm³/mol. The first-order valence-electron chi connectivity index (χ1n) is 9.67. The van der Waals surface area contributed by atoms with E-state index in [-0.39, 0.29) is 28.6 Å². The number of fused-ring (bicyclic) bond motifs is 1. The van der Waals surface area contributed by atoms with Gasteiger partial charge in [0.2, 0.25) is 0 Å². The minimum atomic E-state index is -0.623. The van der Waals surface area contributed by atoms with Crippen molar-refractivity contribution < 1.29 is 24.2 Å². The Kier molecular flexibility index (Phi) is 5.21. The Morgan fingerprint density at radius 2 is 1.71 bits per heavy atom. The molecule has 4 rings (SSSR count). The van der Waals surface area contributed by atoms with Crippen LogP contribution in [0, 0.1) is 0 Å². The van der Waals surface area contributed by atoms with Gasteiger partial charge in [0.25, 0.3) is 5.91 Å². The first kappa shape index (κ1) is 20.2. The molecule has 0 bridgehead atoms. The Morgan fingerprint density at radius 3 is 2.45 bits per heavy atom. The monoisotopic (exact) mass is 415 g/mol. The van der Waals surface area contributed by atoms with Crippen LogP contribution < -0.4 is 9.64 Å². The van der Waals surface area contributed by atoms with E-state index in [1.165, 1.54) is 25.2 Å². The average Bonchev–Trinajstić information content (AvgIpc) is 3.03. The molecule has 1 N–H and O–H groups in total. The van der Waals surface area contributed by atoms with Crippen molar-refractivity contribution in [1.82, 2.24) is 0 Å². The summed E-state index contributed by atoms with van der Waals surface area (Å²) in [5.74, 6) is -0.847. The zero-order valence-corrected chi connectivity index (χ0v) is 17.4. The molecule has 0 saturated carbocycles. The number of phenols is 1. The van der Waals surface area contributed by atoms with E-state index in [0.29, 0.717) is 16.9 Å². The van der Waals surface area contributed by atoms with Crippen molar-refractivity contribution in [2.45, 2.75) is 6.92 Å². The molecule has 0 aliphatic carbocycles. The van der Waals surface area contributed by atoms with Crippen LogP contribution in [0.25, 0.3) is 16.8 Å². The third-order valence-corrected chi connectivity index (χ3v) is 5.35. The second kappa shape index (κ2) is 7.99. The zero-order valence-electron chi connectivity index (χ0n) is 17.4. The summed E-state index contributed by atoms with van der Waals surface area (Å²) < 4.78 is 10.1. The lowest BCUT2D eigenvalue weighted by Gasteiger charge is -2.20. The van der Waals surface area contributed by atoms with Crippen LogP contribution in [0.4, 0.5) is 5.69 Å². The van der Waals surface area contributed by atoms with Gasteiger partial charge in [0, 0.05) is 16.6 Å². The van der Waals surface area contributed by atoms with E-state index in [9.17, 15) is 14.7 Å². The van der Waals surface area contributed by atoms with Crippen LogP contribution in [0.2, 0.25) is 0 Å². The van der Waals surface area contributed by atoms with E-state index in [0.717, 1.165) is 10.8 Å². The van der Waals surface area contributed by atoms with Gasteiger partial charge >= 0.3 is 5.97 Å². The molecular formula is C25H21NO5. The van der Waals surface area contributed by atoms with E-state index in [1.807, 2.05) is 42.5 Å². The molecule has 3 aromatic rings. The molecular weight excluding hydrogens is 394 g/mol. The van der Waals surface area contributed by atoms with Crippen molar-refractivity contribution in [2.24, 2.45) is 0 Å². The standard InChI is InChI=1S/C25H21NO5/c1-15-22(25(29)31-3)19(14-17-10-7-13-21(30-2)23(17)27)24(28)26(15)20-12-6-9-16-8-4-5-11-18(16)20/h4-14,27H,1-3H3. The molecule has 156 valence electrons. The number of hydrogen-bond acceptors (Lipinski definition) is 5. The van der Waals surface area contributed by atoms with E-state index in [2.05, 4.69) is 0 Å². The quantitative estimate of drug-likeness (QED) is 0.504. The highest BCUT2D eigenvalue weighted by Gasteiger charge is 2.38. The number of anilines is 1. The number of benzene rings is 3. The van der Waals surface area contributed by atoms with Crippen molar-refractivity contribution in [3.63, 3.8) is 0 Å². The molecule has 0 atom stereocenters. The highest BCUT2D eigenvalue weighted by molar-refractivity contribution is 6.25. The van der Waals surface area contributed by atoms with Crippen LogP contribution in [0.3, 0.4) is 0 Å². The number of amides is 1. The summed E-state index contributed by atoms with van der Waals surface area (Å²) in [7, 11) is 2.72. The van der Waals surface area contributed by atoms with Gasteiger partial charge in [-0.2, -0.15) is 0 Å². The number of carbonyl (C=O) groups excluding carboxylic acids is 2. The Bertz CT molecular complexity index is 1270. The number of hydrogen-bond donors (Lipinski definition) is 1. The molecule has 6 heteroatoms. The summed E-state index contributed by atoms with van der Waals surface area (Å²) in [5, 5.41) is 12.3. The van der Waals surface area contributed by atoms with Crippen LogP contribution in [0.1, 0.15) is 12.5 Å². The maximum Gasteiger partial charge on any atom is 0.340 e. The maximum absolute atomic E-state index is 13.6. The van der Waals surface area contributed by atoms with Crippen molar-refractivity contribution in [3.8, 4) is 11.5 Å². The number of phenolic OH excluding ortho intramolecular Hbond substituents is 1. The van der Waals surface area contributed by atoms with Gasteiger partial charge in [-0.15, -0.1) is 0 Å². The smallest absolute Gasteiger partial charge is 0.340 e. The fourth-order valence-electron chi connectivity index (χ4n) is 3.85. The number of aromatic hydroxyl groups is 1. The number of ether oxygens (including phenoxy) is 2. The SMILES string of the molecule is COC(=O)C1=C(C)N(c2cccc3ccccc23)C(=O)C1=Cc1cccc(OC)c1O. The lowest BCUT2D eigenvalue weighted by molar-refractivity contribution is -0.136. The fraction of sp³-hybridized carbons (Fsp3) is 0.120. The largest absolute Gasteiger partial charge is 0.504 e. The summed E-state index contributed by atoms with van der Waals surface area (Å²) in [4.78, 5) is 27.7. The van der Waals surface area contributed by atoms with Gasteiger partial charge in [0.1, 0.15) is 0 Å². The minimum Gasteiger partial charge on any atom is -0.504 e. The summed E-state index contributed by atoms with van der Waals surface area (Å²) >= 11 is 0. The molecule has 1 amide bonds. The van der Waals surface area contributed by atoms with E-state index >= 15 is 0 Å². The van der Waals surface area contributed by atoms with Crippen LogP contribution >= 0.6 is 0 Å². The number of para-hydroxylation sites is 1. The Hall–Kier alpha value is -4.06. The van der Waals surface area contributed by atoms with Crippen LogP contribution in [-0.4, -0.2) is 31.2 Å². The molecule has 0 radical (unpaired) electrons. The topological polar surface area (TPSA) is 76.1 Å². The first-order valence-corrected chi connectivity index (χ1v) is 9.67. The number of methoxy groups -OCH3 is 2. The van der Waals surface area contributed by atoms with Gasteiger partial charge in [0.15, 0.2) is 11.5 Å². The molecule has 1 aliphatic rings. The Balaban J connectivity index is 1.92. The minimum absolute atomic E-state index is 0.115. The molecule has 3 aromatic carbocycles. The summed E-state index contributed by atoms with van der Waals surface area (Å²) in [6.07, 6.45) is 1.49. The number of carbonyl (C=O) groups is 2. The fourth-order valence-corrected chi connectivity index (χ4v) is 3.85. The van der Waals surface area contributed by atoms with Crippen molar-refractivity contribution in [2.75, 3.05) is 19.1 Å². The number of allylic oxidation sites excluding steroid dienone is 1. The zero-order chi connectivity index (χ0) is 22.1. The van der Waals surface area contributed by atoms with Crippen LogP contribution in [-0.2, 0) is 14.3 Å². The van der Waals surface area contributed by atoms with Gasteiger partial charge in [-0.05, 0) is 30.5 Å². The molecule has 0 spiro atoms. The van der Waals surface area contributed by atoms with Crippen molar-refractivity contribution in [3.05, 3.63) is 83.1 Å². The van der Waals surface area contributed by atoms with E-state index in [1.54, 1.807) is 25.1 Å². The lowest BCUT2D eigenvalue weighted by atomic mass is 10.0. The third-order valence-electron chi connectivity index (χ3n) is 5.35. The van der Waals surface area contributed by atoms with Crippen LogP contribution in [0.15, 0.2) is 77.5 Å². The van der Waals surface area contributed by atoms with Gasteiger partial charge in [-0.1, -0.05) is 48.5 Å². The highest BCUT2D eigenvalue weighted by Crippen LogP contribution is 2.40. The van der Waals surface area contributed by atoms with E-state index in [4.69, 9.17) is 9.47 Å². The molecule has 6 nitrogen and oxygen atoms in total. The number of esters is 1.